The van der Waals surface area contributed by atoms with Crippen molar-refractivity contribution in [1.29, 1.82) is 0 Å². The Kier molecular flexibility index (Phi) is 3.51. The fourth-order valence-electron chi connectivity index (χ4n) is 1.25. The molecule has 1 aromatic heterocycles. The van der Waals surface area contributed by atoms with Gasteiger partial charge in [-0.05, 0) is 36.4 Å². The van der Waals surface area contributed by atoms with Crippen LogP contribution in [0.4, 0.5) is 5.69 Å². The predicted molar refractivity (Wildman–Crippen MR) is 70.4 cm³/mol. The first-order chi connectivity index (χ1) is 7.84. The first kappa shape index (κ1) is 10.6. The van der Waals surface area contributed by atoms with Crippen LogP contribution in [0.3, 0.4) is 0 Å². The summed E-state index contributed by atoms with van der Waals surface area (Å²) in [5.74, 6) is 0.789. The van der Waals surface area contributed by atoms with Crippen LogP contribution < -0.4 is 5.32 Å². The van der Waals surface area contributed by atoms with E-state index in [-0.39, 0.29) is 0 Å². The molecule has 2 nitrogen and oxygen atoms in total. The van der Waals surface area contributed by atoms with E-state index in [1.54, 1.807) is 12.3 Å². The molecule has 2 rings (SSSR count). The number of hydrogen-bond acceptors (Lipinski definition) is 2. The normalized spacial score (nSPS) is 10.5. The number of rotatable bonds is 3. The highest BCUT2D eigenvalue weighted by molar-refractivity contribution is 7.81. The van der Waals surface area contributed by atoms with Gasteiger partial charge in [-0.15, -0.1) is 0 Å². The molecule has 16 heavy (non-hydrogen) atoms. The highest BCUT2D eigenvalue weighted by atomic mass is 32.1. The first-order valence-corrected chi connectivity index (χ1v) is 5.33. The lowest BCUT2D eigenvalue weighted by atomic mass is 10.3. The molecule has 3 heteroatoms. The van der Waals surface area contributed by atoms with Crippen molar-refractivity contribution in [3.8, 4) is 0 Å². The van der Waals surface area contributed by atoms with Gasteiger partial charge in [-0.25, -0.2) is 0 Å². The first-order valence-electron chi connectivity index (χ1n) is 4.92. The van der Waals surface area contributed by atoms with Gasteiger partial charge in [0, 0.05) is 5.69 Å². The van der Waals surface area contributed by atoms with Crippen LogP contribution in [0.5, 0.6) is 0 Å². The van der Waals surface area contributed by atoms with Crippen LogP contribution in [-0.2, 0) is 0 Å². The van der Waals surface area contributed by atoms with Gasteiger partial charge in [0.2, 0.25) is 0 Å². The van der Waals surface area contributed by atoms with Crippen molar-refractivity contribution < 1.29 is 4.42 Å². The van der Waals surface area contributed by atoms with Crippen LogP contribution in [0.15, 0.2) is 59.2 Å². The Morgan fingerprint density at radius 3 is 2.62 bits per heavy atom. The minimum Gasteiger partial charge on any atom is -0.465 e. The van der Waals surface area contributed by atoms with E-state index in [1.807, 2.05) is 48.5 Å². The van der Waals surface area contributed by atoms with E-state index < -0.39 is 0 Å². The molecule has 0 bridgehead atoms. The molecule has 0 radical (unpaired) electrons. The van der Waals surface area contributed by atoms with Crippen molar-refractivity contribution in [3.05, 3.63) is 60.6 Å². The van der Waals surface area contributed by atoms with Gasteiger partial charge in [0.25, 0.3) is 0 Å². The zero-order chi connectivity index (χ0) is 11.2. The van der Waals surface area contributed by atoms with Crippen LogP contribution in [0.1, 0.15) is 5.76 Å². The minimum atomic E-state index is 0.655. The second-order valence-electron chi connectivity index (χ2n) is 3.20. The van der Waals surface area contributed by atoms with Crippen molar-refractivity contribution >= 4 is 29.0 Å². The number of anilines is 1. The van der Waals surface area contributed by atoms with E-state index >= 15 is 0 Å². The summed E-state index contributed by atoms with van der Waals surface area (Å²) < 4.78 is 5.16. The Bertz CT molecular complexity index is 474. The molecule has 1 N–H and O–H groups in total. The number of thiocarbonyl (C=S) groups is 1. The van der Waals surface area contributed by atoms with E-state index in [2.05, 4.69) is 5.32 Å². The van der Waals surface area contributed by atoms with E-state index in [0.29, 0.717) is 4.99 Å². The molecule has 0 amide bonds. The third kappa shape index (κ3) is 3.07. The van der Waals surface area contributed by atoms with Gasteiger partial charge in [-0.2, -0.15) is 0 Å². The highest BCUT2D eigenvalue weighted by Crippen LogP contribution is 2.07. The van der Waals surface area contributed by atoms with Crippen molar-refractivity contribution in [2.45, 2.75) is 0 Å². The molecular weight excluding hydrogens is 218 g/mol. The Balaban J connectivity index is 1.95. The SMILES string of the molecule is S=C(/C=C/c1ccco1)Nc1ccccc1. The molecule has 80 valence electrons. The van der Waals surface area contributed by atoms with Gasteiger partial charge in [0.1, 0.15) is 10.7 Å². The summed E-state index contributed by atoms with van der Waals surface area (Å²) in [7, 11) is 0. The molecule has 0 aliphatic carbocycles. The van der Waals surface area contributed by atoms with Gasteiger partial charge in [0.15, 0.2) is 0 Å². The smallest absolute Gasteiger partial charge is 0.126 e. The van der Waals surface area contributed by atoms with Crippen molar-refractivity contribution in [1.82, 2.24) is 0 Å². The zero-order valence-corrected chi connectivity index (χ0v) is 9.41. The average Bonchev–Trinajstić information content (AvgIpc) is 2.81. The minimum absolute atomic E-state index is 0.655. The number of hydrogen-bond donors (Lipinski definition) is 1. The van der Waals surface area contributed by atoms with Crippen LogP contribution in [0.25, 0.3) is 6.08 Å². The topological polar surface area (TPSA) is 25.2 Å². The number of para-hydroxylation sites is 1. The maximum absolute atomic E-state index is 5.17. The molecule has 0 saturated heterocycles. The van der Waals surface area contributed by atoms with Crippen molar-refractivity contribution in [2.24, 2.45) is 0 Å². The summed E-state index contributed by atoms with van der Waals surface area (Å²) >= 11 is 5.17. The number of benzene rings is 1. The Hall–Kier alpha value is -1.87. The van der Waals surface area contributed by atoms with Crippen LogP contribution in [0, 0.1) is 0 Å². The Morgan fingerprint density at radius 2 is 1.94 bits per heavy atom. The van der Waals surface area contributed by atoms with Crippen molar-refractivity contribution in [3.63, 3.8) is 0 Å². The molecule has 1 heterocycles. The number of nitrogens with one attached hydrogen (secondary N) is 1. The molecule has 0 aliphatic rings. The van der Waals surface area contributed by atoms with E-state index in [1.165, 1.54) is 0 Å². The molecule has 0 unspecified atom stereocenters. The average molecular weight is 229 g/mol. The fourth-order valence-corrected chi connectivity index (χ4v) is 1.44. The molecule has 0 saturated carbocycles. The van der Waals surface area contributed by atoms with Crippen LogP contribution >= 0.6 is 12.2 Å². The quantitative estimate of drug-likeness (QED) is 0.641. The van der Waals surface area contributed by atoms with Crippen molar-refractivity contribution in [2.75, 3.05) is 5.32 Å². The molecule has 0 aliphatic heterocycles. The Labute approximate surface area is 99.6 Å². The zero-order valence-electron chi connectivity index (χ0n) is 8.59. The molecule has 2 aromatic rings. The van der Waals surface area contributed by atoms with E-state index in [0.717, 1.165) is 11.4 Å². The second kappa shape index (κ2) is 5.28. The third-order valence-electron chi connectivity index (χ3n) is 1.98. The van der Waals surface area contributed by atoms with E-state index in [9.17, 15) is 0 Å². The lowest BCUT2D eigenvalue weighted by molar-refractivity contribution is 0.557. The third-order valence-corrected chi connectivity index (χ3v) is 2.22. The summed E-state index contributed by atoms with van der Waals surface area (Å²) in [4.78, 5) is 0.655. The van der Waals surface area contributed by atoms with Gasteiger partial charge in [-0.1, -0.05) is 30.4 Å². The largest absolute Gasteiger partial charge is 0.465 e. The summed E-state index contributed by atoms with van der Waals surface area (Å²) in [5, 5.41) is 3.11. The molecule has 1 aromatic carbocycles. The van der Waals surface area contributed by atoms with Gasteiger partial charge < -0.3 is 9.73 Å². The second-order valence-corrected chi connectivity index (χ2v) is 3.64. The van der Waals surface area contributed by atoms with Gasteiger partial charge in [0.05, 0.1) is 6.26 Å². The standard InChI is InChI=1S/C13H11NOS/c16-13(9-8-12-7-4-10-15-12)14-11-5-2-1-3-6-11/h1-10H,(H,14,16)/b9-8+. The summed E-state index contributed by atoms with van der Waals surface area (Å²) in [6.07, 6.45) is 5.27. The van der Waals surface area contributed by atoms with Gasteiger partial charge >= 0.3 is 0 Å². The number of furan rings is 1. The molecule has 0 fully saturated rings. The van der Waals surface area contributed by atoms with Crippen LogP contribution in [0.2, 0.25) is 0 Å². The molecule has 0 atom stereocenters. The maximum Gasteiger partial charge on any atom is 0.126 e. The molecular formula is C13H11NOS. The molecule has 0 spiro atoms. The Morgan fingerprint density at radius 1 is 1.12 bits per heavy atom. The monoisotopic (exact) mass is 229 g/mol. The van der Waals surface area contributed by atoms with Gasteiger partial charge in [-0.3, -0.25) is 0 Å². The van der Waals surface area contributed by atoms with E-state index in [4.69, 9.17) is 16.6 Å². The van der Waals surface area contributed by atoms with Crippen LogP contribution in [-0.4, -0.2) is 4.99 Å². The summed E-state index contributed by atoms with van der Waals surface area (Å²) in [6, 6.07) is 13.5. The predicted octanol–water partition coefficient (Wildman–Crippen LogP) is 3.73. The fraction of sp³-hybridized carbons (Fsp3) is 0. The maximum atomic E-state index is 5.17. The highest BCUT2D eigenvalue weighted by Gasteiger charge is 1.93. The summed E-state index contributed by atoms with van der Waals surface area (Å²) in [6.45, 7) is 0. The lowest BCUT2D eigenvalue weighted by Gasteiger charge is -2.02. The summed E-state index contributed by atoms with van der Waals surface area (Å²) in [5.41, 5.74) is 0.983. The lowest BCUT2D eigenvalue weighted by Crippen LogP contribution is -2.04.